The van der Waals surface area contributed by atoms with Crippen LogP contribution in [-0.2, 0) is 38.9 Å². The molecule has 0 radical (unpaired) electrons. The monoisotopic (exact) mass is 1630 g/mol. The van der Waals surface area contributed by atoms with Crippen molar-refractivity contribution in [2.75, 3.05) is 317 Å². The van der Waals surface area contributed by atoms with Crippen molar-refractivity contribution in [3.05, 3.63) is 107 Å². The molecule has 21 nitrogen and oxygen atoms in total. The minimum absolute atomic E-state index is 0.124. The zero-order valence-corrected chi connectivity index (χ0v) is 78.2. The summed E-state index contributed by atoms with van der Waals surface area (Å²) in [5, 5.41) is 18.9. The lowest BCUT2D eigenvalue weighted by molar-refractivity contribution is -0.140. The third kappa shape index (κ3) is 151. The van der Waals surface area contributed by atoms with Gasteiger partial charge in [-0.1, -0.05) is 55.8 Å². The number of hydrogen-bond donors (Lipinski definition) is 2. The number of nitrogens with one attached hydrogen (secondary N) is 1. The predicted molar refractivity (Wildman–Crippen MR) is 462 cm³/mol. The molecule has 0 unspecified atom stereocenters. The van der Waals surface area contributed by atoms with Crippen LogP contribution >= 0.6 is 0 Å². The standard InChI is InChI=1S/3C9H12FN.C7H15N.C5H13NO2S.C5H13NO.C5H11N.C5H13N.C4H8F3N.C4H9F2N.C4H8N2.C4H11NO.C4H11N.C3H9N.C2H7N.C2H6O/c1-11(2)7-8-3-5-9(10)6-4-8;1-11(2)7-8-4-3-5-9(10)6-8;1-11(2)7-8-5-3-4-6-9(8)10;1-8(2)6-7-4-3-5-7;1-6(2)4-5-9(3,7)8;1-6(2)4-5-7-3;1-6(2)5-3-4-5;1-5(2)6(3)4;1-8(2)3-4(5,6)7;1-7(2)3-4(5)6;1-6(2)4-3-5;1-5(2)3-4-6;1-4-5(2)3;1-4(2)3;2*1-3-2/h3*3-6H,7H2,1-2H3;7H,3-6H2,1-2H3;4-5H2,1-3H3;4-5H2,1-3H3;5H,3-4H2,1-2H3;5H,1-4H3;3H2,1-2H3;4H,3H2,1-2H3;4H2,1-2H3;6H,3-4H2,1-2H3;4H2,1-3H3;1-3H3;3H,1-2H3;1-2H3. The van der Waals surface area contributed by atoms with Crippen molar-refractivity contribution in [2.24, 2.45) is 5.92 Å². The highest BCUT2D eigenvalue weighted by Crippen LogP contribution is 2.26. The van der Waals surface area contributed by atoms with E-state index >= 15 is 0 Å². The van der Waals surface area contributed by atoms with Crippen LogP contribution in [0.2, 0.25) is 0 Å². The van der Waals surface area contributed by atoms with Crippen LogP contribution in [0.3, 0.4) is 0 Å². The Morgan fingerprint density at radius 3 is 1.15 bits per heavy atom. The maximum atomic E-state index is 12.9. The van der Waals surface area contributed by atoms with E-state index in [2.05, 4.69) is 112 Å². The number of ether oxygens (including phenoxy) is 2. The minimum atomic E-state index is -4.05. The largest absolute Gasteiger partial charge is 0.401 e. The van der Waals surface area contributed by atoms with Crippen LogP contribution in [0, 0.1) is 34.7 Å². The van der Waals surface area contributed by atoms with E-state index < -0.39 is 29.0 Å². The Kier molecular flexibility index (Phi) is 104. The number of sulfone groups is 1. The van der Waals surface area contributed by atoms with Gasteiger partial charge in [-0.2, -0.15) is 18.4 Å². The number of aliphatic hydroxyl groups is 1. The molecule has 0 aromatic heterocycles. The first-order valence-corrected chi connectivity index (χ1v) is 39.2. The molecule has 0 atom stereocenters. The van der Waals surface area contributed by atoms with Gasteiger partial charge in [0.05, 0.1) is 44.7 Å². The van der Waals surface area contributed by atoms with Crippen LogP contribution in [0.5, 0.6) is 0 Å². The van der Waals surface area contributed by atoms with E-state index in [1.807, 2.05) is 186 Å². The van der Waals surface area contributed by atoms with Crippen molar-refractivity contribution in [2.45, 2.75) is 97.2 Å². The van der Waals surface area contributed by atoms with Crippen LogP contribution in [0.1, 0.15) is 69.6 Å². The second-order valence-corrected chi connectivity index (χ2v) is 32.4. The number of aliphatic hydroxyl groups excluding tert-OH is 1. The minimum Gasteiger partial charge on any atom is -0.395 e. The van der Waals surface area contributed by atoms with Gasteiger partial charge in [0.15, 0.2) is 0 Å². The first kappa shape index (κ1) is 130. The van der Waals surface area contributed by atoms with E-state index in [4.69, 9.17) is 15.1 Å². The lowest BCUT2D eigenvalue weighted by Gasteiger charge is -2.27. The molecular formula is C81H170F8N16O5S. The average molecular weight is 1630 g/mol. The Hall–Kier alpha value is -4.18. The molecule has 2 N–H and O–H groups in total. The summed E-state index contributed by atoms with van der Waals surface area (Å²) >= 11 is 0. The molecule has 0 aliphatic heterocycles. The second-order valence-electron chi connectivity index (χ2n) is 30.2. The molecule has 2 aliphatic carbocycles. The van der Waals surface area contributed by atoms with Gasteiger partial charge in [0.1, 0.15) is 27.3 Å². The Morgan fingerprint density at radius 2 is 0.973 bits per heavy atom. The highest BCUT2D eigenvalue weighted by molar-refractivity contribution is 7.90. The van der Waals surface area contributed by atoms with Gasteiger partial charge in [0.25, 0.3) is 6.43 Å². The van der Waals surface area contributed by atoms with Crippen molar-refractivity contribution in [1.82, 2.24) is 73.9 Å². The molecule has 2 saturated carbocycles. The Labute approximate surface area is 677 Å². The molecule has 3 aromatic rings. The lowest BCUT2D eigenvalue weighted by Crippen LogP contribution is -2.27. The highest BCUT2D eigenvalue weighted by atomic mass is 32.2. The first-order chi connectivity index (χ1) is 50.9. The summed E-state index contributed by atoms with van der Waals surface area (Å²) in [5.41, 5.74) is 2.89. The van der Waals surface area contributed by atoms with E-state index in [9.17, 15) is 43.5 Å². The van der Waals surface area contributed by atoms with Crippen LogP contribution in [0.15, 0.2) is 72.8 Å². The molecule has 3 aromatic carbocycles. The Bertz CT molecular complexity index is 2450. The maximum Gasteiger partial charge on any atom is 0.401 e. The molecule has 0 heterocycles. The Morgan fingerprint density at radius 1 is 0.559 bits per heavy atom. The van der Waals surface area contributed by atoms with E-state index in [1.165, 1.54) is 88.2 Å². The van der Waals surface area contributed by atoms with Crippen molar-refractivity contribution >= 4 is 9.84 Å². The quantitative estimate of drug-likeness (QED) is 0.0683. The fourth-order valence-electron chi connectivity index (χ4n) is 6.30. The second kappa shape index (κ2) is 88.2. The van der Waals surface area contributed by atoms with Crippen molar-refractivity contribution in [3.8, 4) is 6.07 Å². The molecule has 0 bridgehead atoms. The van der Waals surface area contributed by atoms with E-state index in [0.717, 1.165) is 72.9 Å². The summed E-state index contributed by atoms with van der Waals surface area (Å²) in [6, 6.07) is 23.7. The van der Waals surface area contributed by atoms with Gasteiger partial charge < -0.3 is 83.6 Å². The van der Waals surface area contributed by atoms with Crippen LogP contribution in [0.4, 0.5) is 35.1 Å². The number of likely N-dealkylation sites (N-methyl/N-ethyl adjacent to an activating group) is 2. The molecule has 0 spiro atoms. The molecule has 666 valence electrons. The SMILES string of the molecule is CC(C)N(C)C.CCN(C)C.CN(C)C.CN(C)C1CC1.CN(C)CC#N.CN(C)CC(F)(F)F.CN(C)CC(F)F.CN(C)CC1CCC1.CN(C)CCO.CN(C)CCS(C)(=O)=O.CN(C)Cc1ccc(F)cc1.CN(C)Cc1cccc(F)c1.CN(C)Cc1ccccc1F.CNC.COC.COCCN(C)C. The van der Waals surface area contributed by atoms with Gasteiger partial charge in [-0.15, -0.1) is 0 Å². The van der Waals surface area contributed by atoms with E-state index in [1.54, 1.807) is 71.8 Å². The molecule has 5 rings (SSSR count). The Balaban J connectivity index is -0.000000108. The van der Waals surface area contributed by atoms with E-state index in [-0.39, 0.29) is 36.4 Å². The summed E-state index contributed by atoms with van der Waals surface area (Å²) in [7, 11) is 61.9. The zero-order chi connectivity index (χ0) is 89.6. The average Bonchev–Trinajstić information content (AvgIpc) is 1.80. The molecular weight excluding hydrogens is 1460 g/mol. The number of benzene rings is 3. The number of rotatable bonds is 23. The third-order valence-corrected chi connectivity index (χ3v) is 13.5. The van der Waals surface area contributed by atoms with E-state index in [0.29, 0.717) is 25.7 Å². The topological polar surface area (TPSA) is 154 Å². The highest BCUT2D eigenvalue weighted by Gasteiger charge is 2.27. The van der Waals surface area contributed by atoms with Gasteiger partial charge >= 0.3 is 6.18 Å². The smallest absolute Gasteiger partial charge is 0.395 e. The summed E-state index contributed by atoms with van der Waals surface area (Å²) in [6.07, 6.45) is 2.25. The van der Waals surface area contributed by atoms with Crippen molar-refractivity contribution < 1.29 is 58.1 Å². The fraction of sp³-hybridized carbons (Fsp3) is 0.765. The lowest BCUT2D eigenvalue weighted by atomic mass is 9.85. The third-order valence-electron chi connectivity index (χ3n) is 12.6. The number of methoxy groups -OCH3 is 2. The van der Waals surface area contributed by atoms with Crippen LogP contribution < -0.4 is 5.32 Å². The summed E-state index contributed by atoms with van der Waals surface area (Å²) in [5.74, 6) is 0.822. The predicted octanol–water partition coefficient (Wildman–Crippen LogP) is 10.8. The first-order valence-electron chi connectivity index (χ1n) is 37.2. The molecule has 111 heavy (non-hydrogen) atoms. The maximum absolute atomic E-state index is 12.9. The number of hydrogen-bond acceptors (Lipinski definition) is 21. The van der Waals surface area contributed by atoms with Gasteiger partial charge in [0.2, 0.25) is 0 Å². The molecule has 30 heteroatoms. The fourth-order valence-corrected chi connectivity index (χ4v) is 7.00. The van der Waals surface area contributed by atoms with Crippen molar-refractivity contribution in [3.63, 3.8) is 0 Å². The van der Waals surface area contributed by atoms with Crippen LogP contribution in [-0.4, -0.2) is 424 Å². The van der Waals surface area contributed by atoms with Crippen LogP contribution in [0.25, 0.3) is 0 Å². The van der Waals surface area contributed by atoms with Gasteiger partial charge in [-0.25, -0.2) is 30.4 Å². The zero-order valence-electron chi connectivity index (χ0n) is 77.4. The summed E-state index contributed by atoms with van der Waals surface area (Å²) < 4.78 is 124. The molecule has 0 amide bonds. The molecule has 0 saturated heterocycles. The summed E-state index contributed by atoms with van der Waals surface area (Å²) in [6.45, 7) is 14.2. The van der Waals surface area contributed by atoms with Gasteiger partial charge in [0, 0.05) is 91.0 Å². The summed E-state index contributed by atoms with van der Waals surface area (Å²) in [4.78, 5) is 27.1. The number of nitriles is 1. The molecule has 2 fully saturated rings. The van der Waals surface area contributed by atoms with Gasteiger partial charge in [-0.05, 0) is 312 Å². The number of alkyl halides is 5. The van der Waals surface area contributed by atoms with Crippen molar-refractivity contribution in [1.29, 1.82) is 5.26 Å². The number of halogens is 8. The normalized spacial score (nSPS) is 11.8. The van der Waals surface area contributed by atoms with Gasteiger partial charge in [-0.3, -0.25) is 4.90 Å². The number of nitrogens with zero attached hydrogens (tertiary/aromatic N) is 15. The molecule has 2 aliphatic rings.